The molecule has 0 saturated carbocycles. The summed E-state index contributed by atoms with van der Waals surface area (Å²) in [6.07, 6.45) is 4.56. The molecule has 102 valence electrons. The quantitative estimate of drug-likeness (QED) is 0.764. The number of aromatic amines is 1. The first kappa shape index (κ1) is 12.6. The fourth-order valence-electron chi connectivity index (χ4n) is 2.17. The first-order valence-corrected chi connectivity index (χ1v) is 6.33. The van der Waals surface area contributed by atoms with Crippen molar-refractivity contribution in [2.45, 2.75) is 6.42 Å². The summed E-state index contributed by atoms with van der Waals surface area (Å²) >= 11 is 0. The van der Waals surface area contributed by atoms with Crippen LogP contribution in [0.15, 0.2) is 42.9 Å². The van der Waals surface area contributed by atoms with Crippen LogP contribution >= 0.6 is 0 Å². The van der Waals surface area contributed by atoms with Crippen molar-refractivity contribution in [1.29, 1.82) is 0 Å². The summed E-state index contributed by atoms with van der Waals surface area (Å²) in [5.41, 5.74) is 2.06. The van der Waals surface area contributed by atoms with Gasteiger partial charge in [0, 0.05) is 18.3 Å². The number of pyridine rings is 1. The van der Waals surface area contributed by atoms with Gasteiger partial charge in [0.15, 0.2) is 11.6 Å². The predicted octanol–water partition coefficient (Wildman–Crippen LogP) is 3.50. The average Bonchev–Trinajstić information content (AvgIpc) is 2.89. The largest absolute Gasteiger partial charge is 0.380 e. The number of hydrogen-bond donors (Lipinski definition) is 2. The van der Waals surface area contributed by atoms with Crippen molar-refractivity contribution < 1.29 is 8.78 Å². The molecule has 3 nitrogen and oxygen atoms in total. The number of anilines is 1. The molecule has 2 heterocycles. The number of hydrogen-bond acceptors (Lipinski definition) is 2. The summed E-state index contributed by atoms with van der Waals surface area (Å²) in [5, 5.41) is 3.90. The monoisotopic (exact) mass is 273 g/mol. The number of nitrogens with zero attached hydrogens (tertiary/aromatic N) is 1. The Morgan fingerprint density at radius 3 is 2.70 bits per heavy atom. The molecule has 0 fully saturated rings. The molecule has 0 saturated heterocycles. The lowest BCUT2D eigenvalue weighted by atomic mass is 10.1. The van der Waals surface area contributed by atoms with Gasteiger partial charge in [-0.1, -0.05) is 6.07 Å². The van der Waals surface area contributed by atoms with Gasteiger partial charge in [0.2, 0.25) is 0 Å². The fourth-order valence-corrected chi connectivity index (χ4v) is 2.17. The SMILES string of the molecule is Fc1cncc(F)c1NCCc1ccc2[nH]ccc2c1. The zero-order chi connectivity index (χ0) is 13.9. The Bertz CT molecular complexity index is 717. The predicted molar refractivity (Wildman–Crippen MR) is 74.6 cm³/mol. The molecule has 0 bridgehead atoms. The summed E-state index contributed by atoms with van der Waals surface area (Å²) in [4.78, 5) is 6.57. The maximum atomic E-state index is 13.4. The molecule has 0 atom stereocenters. The fraction of sp³-hybridized carbons (Fsp3) is 0.133. The van der Waals surface area contributed by atoms with E-state index in [1.807, 2.05) is 24.4 Å². The molecule has 3 rings (SSSR count). The Labute approximate surface area is 114 Å². The Morgan fingerprint density at radius 1 is 1.10 bits per heavy atom. The molecule has 5 heteroatoms. The first-order chi connectivity index (χ1) is 9.74. The molecule has 2 aromatic heterocycles. The third-order valence-corrected chi connectivity index (χ3v) is 3.19. The van der Waals surface area contributed by atoms with Crippen LogP contribution in [0.5, 0.6) is 0 Å². The van der Waals surface area contributed by atoms with Gasteiger partial charge in [0.1, 0.15) is 5.69 Å². The standard InChI is InChI=1S/C15H13F2N3/c16-12-8-18-9-13(17)15(12)20-5-3-10-1-2-14-11(7-10)4-6-19-14/h1-2,4,6-9,19H,3,5H2,(H,18,20). The van der Waals surface area contributed by atoms with Gasteiger partial charge in [-0.05, 0) is 35.6 Å². The Kier molecular flexibility index (Phi) is 3.33. The van der Waals surface area contributed by atoms with Gasteiger partial charge in [0.25, 0.3) is 0 Å². The van der Waals surface area contributed by atoms with Crippen molar-refractivity contribution in [3.63, 3.8) is 0 Å². The van der Waals surface area contributed by atoms with E-state index in [-0.39, 0.29) is 5.69 Å². The summed E-state index contributed by atoms with van der Waals surface area (Å²) in [6.45, 7) is 0.452. The molecule has 0 aliphatic rings. The highest BCUT2D eigenvalue weighted by atomic mass is 19.1. The molecule has 2 N–H and O–H groups in total. The van der Waals surface area contributed by atoms with Gasteiger partial charge in [-0.2, -0.15) is 0 Å². The van der Waals surface area contributed by atoms with E-state index in [0.29, 0.717) is 13.0 Å². The van der Waals surface area contributed by atoms with Crippen LogP contribution in [0.4, 0.5) is 14.5 Å². The molecule has 0 aliphatic carbocycles. The van der Waals surface area contributed by atoms with Gasteiger partial charge >= 0.3 is 0 Å². The van der Waals surface area contributed by atoms with Crippen LogP contribution in [0, 0.1) is 11.6 Å². The van der Waals surface area contributed by atoms with E-state index < -0.39 is 11.6 Å². The van der Waals surface area contributed by atoms with E-state index in [1.54, 1.807) is 0 Å². The zero-order valence-corrected chi connectivity index (χ0v) is 10.7. The molecule has 0 aliphatic heterocycles. The number of nitrogens with one attached hydrogen (secondary N) is 2. The van der Waals surface area contributed by atoms with Gasteiger partial charge < -0.3 is 10.3 Å². The van der Waals surface area contributed by atoms with Gasteiger partial charge in [-0.15, -0.1) is 0 Å². The number of halogens is 2. The highest BCUT2D eigenvalue weighted by Crippen LogP contribution is 2.17. The maximum Gasteiger partial charge on any atom is 0.167 e. The van der Waals surface area contributed by atoms with E-state index in [0.717, 1.165) is 28.9 Å². The Hall–Kier alpha value is -2.43. The summed E-state index contributed by atoms with van der Waals surface area (Å²) in [5.74, 6) is -1.35. The van der Waals surface area contributed by atoms with Crippen LogP contribution in [-0.2, 0) is 6.42 Å². The molecular formula is C15H13F2N3. The lowest BCUT2D eigenvalue weighted by Crippen LogP contribution is -2.08. The third kappa shape index (κ3) is 2.47. The van der Waals surface area contributed by atoms with Crippen LogP contribution < -0.4 is 5.32 Å². The van der Waals surface area contributed by atoms with Crippen LogP contribution in [0.1, 0.15) is 5.56 Å². The van der Waals surface area contributed by atoms with Crippen molar-refractivity contribution in [1.82, 2.24) is 9.97 Å². The normalized spacial score (nSPS) is 10.9. The van der Waals surface area contributed by atoms with Gasteiger partial charge in [-0.25, -0.2) is 8.78 Å². The molecule has 0 spiro atoms. The van der Waals surface area contributed by atoms with Crippen LogP contribution in [0.3, 0.4) is 0 Å². The second-order valence-corrected chi connectivity index (χ2v) is 4.55. The van der Waals surface area contributed by atoms with Crippen molar-refractivity contribution >= 4 is 16.6 Å². The lowest BCUT2D eigenvalue weighted by Gasteiger charge is -2.08. The van der Waals surface area contributed by atoms with Crippen molar-refractivity contribution in [2.75, 3.05) is 11.9 Å². The van der Waals surface area contributed by atoms with E-state index >= 15 is 0 Å². The third-order valence-electron chi connectivity index (χ3n) is 3.19. The number of benzene rings is 1. The smallest absolute Gasteiger partial charge is 0.167 e. The minimum absolute atomic E-state index is 0.122. The van der Waals surface area contributed by atoms with Crippen LogP contribution in [-0.4, -0.2) is 16.5 Å². The minimum Gasteiger partial charge on any atom is -0.380 e. The van der Waals surface area contributed by atoms with Crippen molar-refractivity contribution in [3.8, 4) is 0 Å². The minimum atomic E-state index is -0.675. The Balaban J connectivity index is 1.67. The second kappa shape index (κ2) is 5.28. The van der Waals surface area contributed by atoms with E-state index in [2.05, 4.69) is 21.4 Å². The molecular weight excluding hydrogens is 260 g/mol. The second-order valence-electron chi connectivity index (χ2n) is 4.55. The summed E-state index contributed by atoms with van der Waals surface area (Å²) in [7, 11) is 0. The van der Waals surface area contributed by atoms with E-state index in [4.69, 9.17) is 0 Å². The number of H-pyrrole nitrogens is 1. The summed E-state index contributed by atoms with van der Waals surface area (Å²) in [6, 6.07) is 8.05. The zero-order valence-electron chi connectivity index (χ0n) is 10.7. The molecule has 0 radical (unpaired) electrons. The number of rotatable bonds is 4. The van der Waals surface area contributed by atoms with E-state index in [9.17, 15) is 8.78 Å². The van der Waals surface area contributed by atoms with Gasteiger partial charge in [0.05, 0.1) is 12.4 Å². The van der Waals surface area contributed by atoms with Crippen molar-refractivity contribution in [3.05, 3.63) is 60.1 Å². The lowest BCUT2D eigenvalue weighted by molar-refractivity contribution is 0.578. The molecule has 3 aromatic rings. The highest BCUT2D eigenvalue weighted by molar-refractivity contribution is 5.79. The highest BCUT2D eigenvalue weighted by Gasteiger charge is 2.08. The maximum absolute atomic E-state index is 13.4. The number of aromatic nitrogens is 2. The summed E-state index contributed by atoms with van der Waals surface area (Å²) < 4.78 is 26.7. The van der Waals surface area contributed by atoms with Crippen LogP contribution in [0.2, 0.25) is 0 Å². The molecule has 0 unspecified atom stereocenters. The molecule has 0 amide bonds. The van der Waals surface area contributed by atoms with E-state index in [1.165, 1.54) is 0 Å². The van der Waals surface area contributed by atoms with Crippen LogP contribution in [0.25, 0.3) is 10.9 Å². The number of fused-ring (bicyclic) bond motifs is 1. The van der Waals surface area contributed by atoms with Gasteiger partial charge in [-0.3, -0.25) is 4.98 Å². The molecule has 1 aromatic carbocycles. The topological polar surface area (TPSA) is 40.7 Å². The first-order valence-electron chi connectivity index (χ1n) is 6.33. The Morgan fingerprint density at radius 2 is 1.90 bits per heavy atom. The van der Waals surface area contributed by atoms with Crippen molar-refractivity contribution in [2.24, 2.45) is 0 Å². The molecule has 20 heavy (non-hydrogen) atoms. The average molecular weight is 273 g/mol.